The minimum Gasteiger partial charge on any atom is -0.319 e. The molecule has 2 unspecified atom stereocenters. The van der Waals surface area contributed by atoms with Crippen LogP contribution in [0, 0.1) is 17.3 Å². The first-order chi connectivity index (χ1) is 8.21. The van der Waals surface area contributed by atoms with Crippen molar-refractivity contribution in [2.75, 3.05) is 13.6 Å². The average Bonchev–Trinajstić information content (AvgIpc) is 2.74. The molecule has 1 aromatic heterocycles. The van der Waals surface area contributed by atoms with Crippen LogP contribution in [-0.2, 0) is 13.5 Å². The SMILES string of the molecule is CNCC1(CCc2cnn(C)c2)CC2CC2C1. The van der Waals surface area contributed by atoms with Gasteiger partial charge < -0.3 is 5.32 Å². The van der Waals surface area contributed by atoms with E-state index in [9.17, 15) is 0 Å². The molecule has 2 aliphatic rings. The highest BCUT2D eigenvalue weighted by Gasteiger charge is 2.52. The Kier molecular flexibility index (Phi) is 2.74. The van der Waals surface area contributed by atoms with Gasteiger partial charge in [0.15, 0.2) is 0 Å². The highest BCUT2D eigenvalue weighted by Crippen LogP contribution is 2.61. The van der Waals surface area contributed by atoms with Crippen molar-refractivity contribution in [3.05, 3.63) is 18.0 Å². The average molecular weight is 233 g/mol. The zero-order valence-corrected chi connectivity index (χ0v) is 10.9. The van der Waals surface area contributed by atoms with Gasteiger partial charge in [-0.2, -0.15) is 5.10 Å². The van der Waals surface area contributed by atoms with Gasteiger partial charge in [0.2, 0.25) is 0 Å². The van der Waals surface area contributed by atoms with Crippen LogP contribution < -0.4 is 5.32 Å². The second-order valence-electron chi connectivity index (χ2n) is 6.22. The summed E-state index contributed by atoms with van der Waals surface area (Å²) in [6.07, 6.45) is 11.1. The number of rotatable bonds is 5. The Morgan fingerprint density at radius 1 is 1.47 bits per heavy atom. The summed E-state index contributed by atoms with van der Waals surface area (Å²) < 4.78 is 1.91. The van der Waals surface area contributed by atoms with Crippen molar-refractivity contribution in [3.8, 4) is 0 Å². The third kappa shape index (κ3) is 2.25. The Morgan fingerprint density at radius 2 is 2.24 bits per heavy atom. The molecule has 1 heterocycles. The monoisotopic (exact) mass is 233 g/mol. The molecule has 3 heteroatoms. The summed E-state index contributed by atoms with van der Waals surface area (Å²) >= 11 is 0. The van der Waals surface area contributed by atoms with Crippen molar-refractivity contribution >= 4 is 0 Å². The standard InChI is InChI=1S/C14H23N3/c1-15-10-14(6-12-5-13(12)7-14)4-3-11-8-16-17(2)9-11/h8-9,12-13,15H,3-7,10H2,1-2H3. The maximum atomic E-state index is 4.26. The maximum absolute atomic E-state index is 4.26. The minimum atomic E-state index is 0.582. The van der Waals surface area contributed by atoms with E-state index in [0.29, 0.717) is 5.41 Å². The summed E-state index contributed by atoms with van der Waals surface area (Å²) in [5.41, 5.74) is 1.97. The summed E-state index contributed by atoms with van der Waals surface area (Å²) in [4.78, 5) is 0. The summed E-state index contributed by atoms with van der Waals surface area (Å²) in [5, 5.41) is 7.67. The van der Waals surface area contributed by atoms with Crippen molar-refractivity contribution in [1.29, 1.82) is 0 Å². The van der Waals surface area contributed by atoms with Gasteiger partial charge >= 0.3 is 0 Å². The van der Waals surface area contributed by atoms with Crippen LogP contribution in [0.4, 0.5) is 0 Å². The van der Waals surface area contributed by atoms with Gasteiger partial charge in [0.25, 0.3) is 0 Å². The Hall–Kier alpha value is -0.830. The van der Waals surface area contributed by atoms with Crippen LogP contribution in [0.15, 0.2) is 12.4 Å². The molecule has 2 saturated carbocycles. The van der Waals surface area contributed by atoms with E-state index in [1.165, 1.54) is 44.2 Å². The van der Waals surface area contributed by atoms with Crippen LogP contribution in [0.3, 0.4) is 0 Å². The Bertz CT molecular complexity index is 386. The van der Waals surface area contributed by atoms with Crippen molar-refractivity contribution < 1.29 is 0 Å². The van der Waals surface area contributed by atoms with Crippen LogP contribution in [0.2, 0.25) is 0 Å². The highest BCUT2D eigenvalue weighted by molar-refractivity contribution is 5.08. The summed E-state index contributed by atoms with van der Waals surface area (Å²) in [6, 6.07) is 0. The lowest BCUT2D eigenvalue weighted by molar-refractivity contribution is 0.236. The summed E-state index contributed by atoms with van der Waals surface area (Å²) in [7, 11) is 4.09. The molecule has 0 bridgehead atoms. The first kappa shape index (κ1) is 11.3. The second-order valence-corrected chi connectivity index (χ2v) is 6.22. The Balaban J connectivity index is 1.61. The minimum absolute atomic E-state index is 0.582. The first-order valence-electron chi connectivity index (χ1n) is 6.83. The molecule has 94 valence electrons. The van der Waals surface area contributed by atoms with Crippen LogP contribution >= 0.6 is 0 Å². The lowest BCUT2D eigenvalue weighted by Crippen LogP contribution is -2.31. The van der Waals surface area contributed by atoms with Crippen LogP contribution in [0.1, 0.15) is 31.2 Å². The molecular weight excluding hydrogens is 210 g/mol. The third-order valence-electron chi connectivity index (χ3n) is 4.71. The molecule has 3 nitrogen and oxygen atoms in total. The smallest absolute Gasteiger partial charge is 0.0521 e. The number of aryl methyl sites for hydroxylation is 2. The molecule has 2 aliphatic carbocycles. The zero-order chi connectivity index (χ0) is 11.9. The van der Waals surface area contributed by atoms with Gasteiger partial charge in [-0.25, -0.2) is 0 Å². The molecule has 1 aromatic rings. The molecule has 0 saturated heterocycles. The van der Waals surface area contributed by atoms with E-state index in [4.69, 9.17) is 0 Å². The predicted molar refractivity (Wildman–Crippen MR) is 68.7 cm³/mol. The number of nitrogens with zero attached hydrogens (tertiary/aromatic N) is 2. The lowest BCUT2D eigenvalue weighted by atomic mass is 9.78. The molecule has 0 spiro atoms. The molecule has 17 heavy (non-hydrogen) atoms. The third-order valence-corrected chi connectivity index (χ3v) is 4.71. The van der Waals surface area contributed by atoms with Crippen LogP contribution in [0.5, 0.6) is 0 Å². The van der Waals surface area contributed by atoms with E-state index in [0.717, 1.165) is 11.8 Å². The molecule has 3 rings (SSSR count). The fourth-order valence-electron chi connectivity index (χ4n) is 3.83. The number of hydrogen-bond donors (Lipinski definition) is 1. The van der Waals surface area contributed by atoms with Crippen molar-refractivity contribution in [2.24, 2.45) is 24.3 Å². The van der Waals surface area contributed by atoms with Gasteiger partial charge in [0.05, 0.1) is 6.20 Å². The molecule has 0 radical (unpaired) electrons. The van der Waals surface area contributed by atoms with E-state index in [2.05, 4.69) is 23.7 Å². The maximum Gasteiger partial charge on any atom is 0.0521 e. The Morgan fingerprint density at radius 3 is 2.82 bits per heavy atom. The van der Waals surface area contributed by atoms with E-state index < -0.39 is 0 Å². The van der Waals surface area contributed by atoms with Gasteiger partial charge in [0.1, 0.15) is 0 Å². The van der Waals surface area contributed by atoms with Gasteiger partial charge in [-0.3, -0.25) is 4.68 Å². The molecular formula is C14H23N3. The van der Waals surface area contributed by atoms with Gasteiger partial charge in [0, 0.05) is 19.8 Å². The molecule has 1 N–H and O–H groups in total. The van der Waals surface area contributed by atoms with Crippen molar-refractivity contribution in [3.63, 3.8) is 0 Å². The summed E-state index contributed by atoms with van der Waals surface area (Å²) in [5.74, 6) is 2.13. The first-order valence-corrected chi connectivity index (χ1v) is 6.83. The van der Waals surface area contributed by atoms with Crippen LogP contribution in [0.25, 0.3) is 0 Å². The van der Waals surface area contributed by atoms with Crippen LogP contribution in [-0.4, -0.2) is 23.4 Å². The molecule has 0 amide bonds. The number of fused-ring (bicyclic) bond motifs is 1. The number of hydrogen-bond acceptors (Lipinski definition) is 2. The fraction of sp³-hybridized carbons (Fsp3) is 0.786. The summed E-state index contributed by atoms with van der Waals surface area (Å²) in [6.45, 7) is 1.19. The number of aromatic nitrogens is 2. The van der Waals surface area contributed by atoms with Gasteiger partial charge in [-0.05, 0) is 62.0 Å². The Labute approximate surface area is 104 Å². The van der Waals surface area contributed by atoms with E-state index in [1.807, 2.05) is 17.9 Å². The van der Waals surface area contributed by atoms with E-state index in [-0.39, 0.29) is 0 Å². The molecule has 0 aliphatic heterocycles. The fourth-order valence-corrected chi connectivity index (χ4v) is 3.83. The molecule has 2 atom stereocenters. The van der Waals surface area contributed by atoms with Gasteiger partial charge in [-0.15, -0.1) is 0 Å². The molecule has 2 fully saturated rings. The predicted octanol–water partition coefficient (Wildman–Crippen LogP) is 1.99. The quantitative estimate of drug-likeness (QED) is 0.843. The zero-order valence-electron chi connectivity index (χ0n) is 10.9. The lowest BCUT2D eigenvalue weighted by Gasteiger charge is -2.30. The largest absolute Gasteiger partial charge is 0.319 e. The number of nitrogens with one attached hydrogen (secondary N) is 1. The topological polar surface area (TPSA) is 29.9 Å². The van der Waals surface area contributed by atoms with Gasteiger partial charge in [-0.1, -0.05) is 0 Å². The van der Waals surface area contributed by atoms with Crippen molar-refractivity contribution in [2.45, 2.75) is 32.1 Å². The van der Waals surface area contributed by atoms with E-state index in [1.54, 1.807) is 0 Å². The second kappa shape index (κ2) is 4.13. The normalized spacial score (nSPS) is 34.9. The highest BCUT2D eigenvalue weighted by atomic mass is 15.2. The van der Waals surface area contributed by atoms with Crippen molar-refractivity contribution in [1.82, 2.24) is 15.1 Å². The molecule has 0 aromatic carbocycles. The van der Waals surface area contributed by atoms with E-state index >= 15 is 0 Å².